The van der Waals surface area contributed by atoms with Crippen molar-refractivity contribution in [2.75, 3.05) is 0 Å². The molecule has 1 unspecified atom stereocenters. The second-order valence-corrected chi connectivity index (χ2v) is 9.22. The Hall–Kier alpha value is 0.500. The molecule has 0 saturated heterocycles. The van der Waals surface area contributed by atoms with Gasteiger partial charge < -0.3 is 5.32 Å². The number of alkyl halides is 1. The van der Waals surface area contributed by atoms with Gasteiger partial charge in [-0.05, 0) is 38.0 Å². The molecule has 0 heterocycles. The Kier molecular flexibility index (Phi) is 4.17. The Balaban J connectivity index is 3.21. The number of nitrogens with one attached hydrogen (secondary N) is 1. The maximum Gasteiger partial charge on any atom is 0.0602 e. The van der Waals surface area contributed by atoms with Crippen molar-refractivity contribution in [3.63, 3.8) is 0 Å². The largest absolute Gasteiger partial charge is 0.382 e. The van der Waals surface area contributed by atoms with Crippen molar-refractivity contribution < 1.29 is 0 Å². The molecule has 1 rings (SSSR count). The average molecular weight is 367 g/mol. The molecule has 3 heteroatoms. The standard InChI is InChI=1S/C14H25Br2N/c1-12(2,3)17-9-10(15)13(4,5)8-14(6,7)11(9)16/h10,17H,8H2,1-7H3. The van der Waals surface area contributed by atoms with Crippen molar-refractivity contribution in [2.45, 2.75) is 65.3 Å². The first kappa shape index (κ1) is 15.6. The fraction of sp³-hybridized carbons (Fsp3) is 0.857. The van der Waals surface area contributed by atoms with Gasteiger partial charge in [0, 0.05) is 15.7 Å². The third kappa shape index (κ3) is 3.50. The van der Waals surface area contributed by atoms with E-state index in [4.69, 9.17) is 0 Å². The molecule has 100 valence electrons. The monoisotopic (exact) mass is 365 g/mol. The normalized spacial score (nSPS) is 28.2. The third-order valence-corrected chi connectivity index (χ3v) is 6.38. The van der Waals surface area contributed by atoms with Crippen molar-refractivity contribution in [2.24, 2.45) is 10.8 Å². The van der Waals surface area contributed by atoms with E-state index in [2.05, 4.69) is 85.6 Å². The number of hydrogen-bond acceptors (Lipinski definition) is 1. The van der Waals surface area contributed by atoms with Crippen LogP contribution < -0.4 is 5.32 Å². The lowest BCUT2D eigenvalue weighted by Crippen LogP contribution is -2.47. The molecule has 0 radical (unpaired) electrons. The minimum atomic E-state index is 0.0872. The van der Waals surface area contributed by atoms with E-state index in [1.807, 2.05) is 0 Å². The number of halogens is 2. The van der Waals surface area contributed by atoms with Gasteiger partial charge in [-0.1, -0.05) is 59.6 Å². The fourth-order valence-electron chi connectivity index (χ4n) is 2.70. The van der Waals surface area contributed by atoms with Gasteiger partial charge >= 0.3 is 0 Å². The van der Waals surface area contributed by atoms with E-state index in [9.17, 15) is 0 Å². The van der Waals surface area contributed by atoms with Crippen LogP contribution >= 0.6 is 31.9 Å². The van der Waals surface area contributed by atoms with Gasteiger partial charge in [-0.25, -0.2) is 0 Å². The molecule has 0 bridgehead atoms. The van der Waals surface area contributed by atoms with Crippen molar-refractivity contribution >= 4 is 31.9 Å². The van der Waals surface area contributed by atoms with Crippen LogP contribution in [0.2, 0.25) is 0 Å². The lowest BCUT2D eigenvalue weighted by molar-refractivity contribution is 0.211. The summed E-state index contributed by atoms with van der Waals surface area (Å²) in [5, 5.41) is 3.65. The maximum absolute atomic E-state index is 3.87. The molecule has 0 aromatic rings. The van der Waals surface area contributed by atoms with Gasteiger partial charge in [-0.3, -0.25) is 0 Å². The summed E-state index contributed by atoms with van der Waals surface area (Å²) in [7, 11) is 0. The summed E-state index contributed by atoms with van der Waals surface area (Å²) in [5.41, 5.74) is 1.85. The Bertz CT molecular complexity index is 335. The molecule has 1 aliphatic carbocycles. The molecular weight excluding hydrogens is 342 g/mol. The molecule has 0 fully saturated rings. The summed E-state index contributed by atoms with van der Waals surface area (Å²) in [5.74, 6) is 0. The van der Waals surface area contributed by atoms with Crippen LogP contribution in [0, 0.1) is 10.8 Å². The minimum Gasteiger partial charge on any atom is -0.382 e. The van der Waals surface area contributed by atoms with Crippen LogP contribution in [0.15, 0.2) is 10.2 Å². The lowest BCUT2D eigenvalue weighted by atomic mass is 9.68. The van der Waals surface area contributed by atoms with Crippen LogP contribution in [0.4, 0.5) is 0 Å². The lowest BCUT2D eigenvalue weighted by Gasteiger charge is -2.47. The number of rotatable bonds is 1. The van der Waals surface area contributed by atoms with E-state index >= 15 is 0 Å². The van der Waals surface area contributed by atoms with E-state index < -0.39 is 0 Å². The van der Waals surface area contributed by atoms with Crippen LogP contribution in [0.1, 0.15) is 54.9 Å². The molecule has 17 heavy (non-hydrogen) atoms. The van der Waals surface area contributed by atoms with Crippen LogP contribution in [0.3, 0.4) is 0 Å². The van der Waals surface area contributed by atoms with Crippen molar-refractivity contribution in [1.82, 2.24) is 5.32 Å². The molecule has 1 aliphatic rings. The van der Waals surface area contributed by atoms with Crippen LogP contribution in [0.25, 0.3) is 0 Å². The molecule has 0 aromatic heterocycles. The zero-order valence-electron chi connectivity index (χ0n) is 12.0. The average Bonchev–Trinajstić information content (AvgIpc) is 2.06. The quantitative estimate of drug-likeness (QED) is 0.628. The third-order valence-electron chi connectivity index (χ3n) is 3.18. The van der Waals surface area contributed by atoms with Gasteiger partial charge in [-0.2, -0.15) is 0 Å². The minimum absolute atomic E-state index is 0.0872. The van der Waals surface area contributed by atoms with Crippen LogP contribution in [0.5, 0.6) is 0 Å². The molecule has 0 aliphatic heterocycles. The highest BCUT2D eigenvalue weighted by Gasteiger charge is 2.44. The van der Waals surface area contributed by atoms with E-state index in [0.29, 0.717) is 4.83 Å². The topological polar surface area (TPSA) is 12.0 Å². The maximum atomic E-state index is 3.87. The first-order chi connectivity index (χ1) is 7.37. The molecule has 0 amide bonds. The van der Waals surface area contributed by atoms with E-state index in [1.165, 1.54) is 16.6 Å². The van der Waals surface area contributed by atoms with Gasteiger partial charge in [0.2, 0.25) is 0 Å². The van der Waals surface area contributed by atoms with Gasteiger partial charge in [0.15, 0.2) is 0 Å². The summed E-state index contributed by atoms with van der Waals surface area (Å²) in [6.45, 7) is 15.9. The zero-order chi connectivity index (χ0) is 13.6. The van der Waals surface area contributed by atoms with Crippen molar-refractivity contribution in [1.29, 1.82) is 0 Å². The van der Waals surface area contributed by atoms with E-state index in [0.717, 1.165) is 0 Å². The fourth-order valence-corrected chi connectivity index (χ4v) is 3.98. The molecule has 0 aromatic carbocycles. The molecule has 0 saturated carbocycles. The van der Waals surface area contributed by atoms with Crippen molar-refractivity contribution in [3.8, 4) is 0 Å². The Morgan fingerprint density at radius 3 is 2.06 bits per heavy atom. The summed E-state index contributed by atoms with van der Waals surface area (Å²) in [6, 6.07) is 0. The van der Waals surface area contributed by atoms with Gasteiger partial charge in [0.25, 0.3) is 0 Å². The zero-order valence-corrected chi connectivity index (χ0v) is 15.2. The first-order valence-corrected chi connectivity index (χ1v) is 7.90. The smallest absolute Gasteiger partial charge is 0.0602 e. The summed E-state index contributed by atoms with van der Waals surface area (Å²) >= 11 is 7.68. The second kappa shape index (κ2) is 4.56. The Morgan fingerprint density at radius 1 is 1.18 bits per heavy atom. The van der Waals surface area contributed by atoms with Crippen LogP contribution in [-0.2, 0) is 0 Å². The first-order valence-electron chi connectivity index (χ1n) is 6.19. The molecule has 1 nitrogen and oxygen atoms in total. The highest BCUT2D eigenvalue weighted by atomic mass is 79.9. The second-order valence-electron chi connectivity index (χ2n) is 7.51. The molecule has 0 spiro atoms. The summed E-state index contributed by atoms with van der Waals surface area (Å²) in [4.78, 5) is 0.372. The van der Waals surface area contributed by atoms with Crippen LogP contribution in [-0.4, -0.2) is 10.4 Å². The predicted molar refractivity (Wildman–Crippen MR) is 83.7 cm³/mol. The van der Waals surface area contributed by atoms with Gasteiger partial charge in [-0.15, -0.1) is 0 Å². The predicted octanol–water partition coefficient (Wildman–Crippen LogP) is 5.20. The SMILES string of the molecule is CC(C)(C)NC1=C(Br)C(C)(C)CC(C)(C)C1Br. The van der Waals surface area contributed by atoms with Gasteiger partial charge in [0.1, 0.15) is 0 Å². The van der Waals surface area contributed by atoms with E-state index in [1.54, 1.807) is 0 Å². The van der Waals surface area contributed by atoms with Crippen molar-refractivity contribution in [3.05, 3.63) is 10.2 Å². The highest BCUT2D eigenvalue weighted by Crippen LogP contribution is 2.53. The molecular formula is C14H25Br2N. The number of allylic oxidation sites excluding steroid dienone is 2. The molecule has 1 atom stereocenters. The Labute approximate surface area is 123 Å². The summed E-state index contributed by atoms with van der Waals surface area (Å²) < 4.78 is 1.31. The Morgan fingerprint density at radius 2 is 1.65 bits per heavy atom. The van der Waals surface area contributed by atoms with E-state index in [-0.39, 0.29) is 16.4 Å². The summed E-state index contributed by atoms with van der Waals surface area (Å²) in [6.07, 6.45) is 1.17. The number of hydrogen-bond donors (Lipinski definition) is 1. The molecule has 1 N–H and O–H groups in total. The highest BCUT2D eigenvalue weighted by molar-refractivity contribution is 9.12. The van der Waals surface area contributed by atoms with Gasteiger partial charge in [0.05, 0.1) is 4.83 Å².